The molecular weight excluding hydrogens is 541 g/mol. The molecule has 3 aliphatic heterocycles. The van der Waals surface area contributed by atoms with Gasteiger partial charge in [0.25, 0.3) is 18.7 Å². The van der Waals surface area contributed by atoms with Crippen LogP contribution in [0.4, 0.5) is 9.52 Å². The van der Waals surface area contributed by atoms with Gasteiger partial charge in [0.1, 0.15) is 17.1 Å². The summed E-state index contributed by atoms with van der Waals surface area (Å²) in [5, 5.41) is 24.6. The summed E-state index contributed by atoms with van der Waals surface area (Å²) in [7, 11) is 2.13. The predicted molar refractivity (Wildman–Crippen MR) is 137 cm³/mol. The molecule has 0 spiro atoms. The molecule has 2 amide bonds. The van der Waals surface area contributed by atoms with Crippen LogP contribution in [0, 0.1) is 0 Å². The second kappa shape index (κ2) is 11.8. The molecule has 38 heavy (non-hydrogen) atoms. The van der Waals surface area contributed by atoms with E-state index >= 15 is 0 Å². The minimum absolute atomic E-state index is 0.0518. The van der Waals surface area contributed by atoms with Crippen molar-refractivity contribution in [3.63, 3.8) is 0 Å². The van der Waals surface area contributed by atoms with E-state index < -0.39 is 41.8 Å². The second-order valence-electron chi connectivity index (χ2n) is 9.27. The molecule has 13 nitrogen and oxygen atoms in total. The number of halogens is 1. The molecule has 2 unspecified atom stereocenters. The first-order chi connectivity index (χ1) is 18.2. The van der Waals surface area contributed by atoms with Gasteiger partial charge in [-0.1, -0.05) is 11.2 Å². The third-order valence-corrected chi connectivity index (χ3v) is 8.80. The topological polar surface area (TPSA) is 180 Å². The van der Waals surface area contributed by atoms with Crippen LogP contribution in [0.3, 0.4) is 0 Å². The molecule has 0 saturated carbocycles. The number of hydrogen-bond acceptors (Lipinski definition) is 11. The molecular formula is C22H29FN7O6S2+. The van der Waals surface area contributed by atoms with Crippen LogP contribution in [0.15, 0.2) is 28.6 Å². The minimum Gasteiger partial charge on any atom is -0.477 e. The van der Waals surface area contributed by atoms with Crippen LogP contribution < -0.4 is 11.1 Å². The number of carboxylic acid groups (broad SMARTS) is 1. The summed E-state index contributed by atoms with van der Waals surface area (Å²) < 4.78 is 17.1. The van der Waals surface area contributed by atoms with Gasteiger partial charge in [-0.05, 0) is 11.6 Å². The predicted octanol–water partition coefficient (Wildman–Crippen LogP) is 0.0542. The molecule has 0 bridgehead atoms. The average Bonchev–Trinajstić information content (AvgIpc) is 3.47. The Morgan fingerprint density at radius 3 is 2.89 bits per heavy atom. The number of nitrogens with zero attached hydrogens (tertiary/aromatic N) is 5. The molecule has 1 aromatic rings. The number of carbonyl (C=O) groups excluding carboxylic acids is 2. The number of likely N-dealkylation sites (tertiary alicyclic amines) is 1. The third-order valence-electron chi connectivity index (χ3n) is 6.95. The van der Waals surface area contributed by atoms with Crippen molar-refractivity contribution in [3.05, 3.63) is 29.2 Å². The largest absolute Gasteiger partial charge is 0.477 e. The summed E-state index contributed by atoms with van der Waals surface area (Å²) in [6.07, 6.45) is 6.51. The van der Waals surface area contributed by atoms with Gasteiger partial charge in [0, 0.05) is 43.2 Å². The first-order valence-corrected chi connectivity index (χ1v) is 13.7. The van der Waals surface area contributed by atoms with Gasteiger partial charge in [-0.3, -0.25) is 14.5 Å². The van der Waals surface area contributed by atoms with Crippen LogP contribution in [0.1, 0.15) is 25.1 Å². The molecule has 2 fully saturated rings. The number of hydrogen-bond donors (Lipinski definition) is 4. The number of aliphatic hydroxyl groups is 1. The Kier molecular flexibility index (Phi) is 8.64. The van der Waals surface area contributed by atoms with Crippen LogP contribution in [-0.2, 0) is 19.2 Å². The number of carbonyl (C=O) groups is 3. The molecule has 2 saturated heterocycles. The van der Waals surface area contributed by atoms with E-state index in [-0.39, 0.29) is 23.3 Å². The smallest absolute Gasteiger partial charge is 0.352 e. The number of β-lactam (4-membered cyclic amide) rings is 1. The molecule has 5 N–H and O–H groups in total. The number of rotatable bonds is 11. The SMILES string of the molecule is C[N+]1(C/C=C/C2=C(C(=O)O)N3C(=O)[C@@H](NC(=O)/C(=N\OCF)c4nsc(N)n4)[C@H]3SC2)CCCC1CCO. The van der Waals surface area contributed by atoms with Crippen molar-refractivity contribution >= 4 is 51.9 Å². The lowest BCUT2D eigenvalue weighted by Gasteiger charge is -2.49. The fourth-order valence-corrected chi connectivity index (χ4v) is 6.80. The van der Waals surface area contributed by atoms with Crippen molar-refractivity contribution in [3.8, 4) is 0 Å². The highest BCUT2D eigenvalue weighted by molar-refractivity contribution is 8.00. The summed E-state index contributed by atoms with van der Waals surface area (Å²) in [6, 6.07) is -0.684. The van der Waals surface area contributed by atoms with E-state index in [1.54, 1.807) is 6.08 Å². The van der Waals surface area contributed by atoms with Gasteiger partial charge in [-0.25, -0.2) is 9.18 Å². The zero-order valence-electron chi connectivity index (χ0n) is 20.6. The number of anilines is 1. The number of thioether (sulfide) groups is 1. The van der Waals surface area contributed by atoms with Crippen molar-refractivity contribution in [2.24, 2.45) is 5.16 Å². The molecule has 4 atom stereocenters. The van der Waals surface area contributed by atoms with Crippen molar-refractivity contribution < 1.29 is 38.3 Å². The number of likely N-dealkylation sites (N-methyl/N-ethyl adjacent to an activating group) is 1. The van der Waals surface area contributed by atoms with Gasteiger partial charge >= 0.3 is 5.97 Å². The Bertz CT molecular complexity index is 1190. The highest BCUT2D eigenvalue weighted by Gasteiger charge is 2.54. The number of amides is 2. The first kappa shape index (κ1) is 27.9. The maximum Gasteiger partial charge on any atom is 0.352 e. The normalized spacial score (nSPS) is 27.4. The van der Waals surface area contributed by atoms with Crippen molar-refractivity contribution in [2.75, 3.05) is 45.1 Å². The lowest BCUT2D eigenvalue weighted by molar-refractivity contribution is -0.916. The number of alkyl halides is 1. The van der Waals surface area contributed by atoms with Crippen molar-refractivity contribution in [1.29, 1.82) is 0 Å². The highest BCUT2D eigenvalue weighted by atomic mass is 32.2. The zero-order chi connectivity index (χ0) is 27.4. The van der Waals surface area contributed by atoms with E-state index in [2.05, 4.69) is 31.7 Å². The Hall–Kier alpha value is -3.08. The number of aliphatic carboxylic acids is 1. The fraction of sp³-hybridized carbons (Fsp3) is 0.545. The van der Waals surface area contributed by atoms with Crippen molar-refractivity contribution in [2.45, 2.75) is 36.7 Å². The number of carboxylic acids is 1. The van der Waals surface area contributed by atoms with E-state index in [4.69, 9.17) is 5.73 Å². The van der Waals surface area contributed by atoms with Gasteiger partial charge < -0.3 is 30.6 Å². The van der Waals surface area contributed by atoms with E-state index in [1.807, 2.05) is 6.08 Å². The summed E-state index contributed by atoms with van der Waals surface area (Å²) in [5.74, 6) is -2.60. The van der Waals surface area contributed by atoms with Gasteiger partial charge in [-0.2, -0.15) is 9.36 Å². The number of quaternary nitrogens is 1. The van der Waals surface area contributed by atoms with E-state index in [9.17, 15) is 29.0 Å². The molecule has 4 rings (SSSR count). The maximum absolute atomic E-state index is 13.0. The lowest BCUT2D eigenvalue weighted by Crippen LogP contribution is -2.71. The Balaban J connectivity index is 1.47. The Morgan fingerprint density at radius 2 is 2.24 bits per heavy atom. The summed E-state index contributed by atoms with van der Waals surface area (Å²) in [6.45, 7) is 0.495. The number of oxime groups is 1. The number of fused-ring (bicyclic) bond motifs is 1. The minimum atomic E-state index is -1.30. The number of allylic oxidation sites excluding steroid dienone is 1. The number of nitrogens with two attached hydrogens (primary N) is 1. The highest BCUT2D eigenvalue weighted by Crippen LogP contribution is 2.40. The van der Waals surface area contributed by atoms with E-state index in [0.29, 0.717) is 23.9 Å². The number of nitrogen functional groups attached to an aromatic ring is 1. The molecule has 16 heteroatoms. The summed E-state index contributed by atoms with van der Waals surface area (Å²) >= 11 is 2.11. The van der Waals surface area contributed by atoms with Crippen LogP contribution in [0.25, 0.3) is 0 Å². The Morgan fingerprint density at radius 1 is 1.45 bits per heavy atom. The quantitative estimate of drug-likeness (QED) is 0.123. The second-order valence-corrected chi connectivity index (χ2v) is 11.2. The van der Waals surface area contributed by atoms with Gasteiger partial charge in [-0.15, -0.1) is 11.8 Å². The molecule has 4 heterocycles. The van der Waals surface area contributed by atoms with Crippen LogP contribution in [0.2, 0.25) is 0 Å². The van der Waals surface area contributed by atoms with Crippen molar-refractivity contribution in [1.82, 2.24) is 19.6 Å². The zero-order valence-corrected chi connectivity index (χ0v) is 22.2. The van der Waals surface area contributed by atoms with Gasteiger partial charge in [0.05, 0.1) is 26.2 Å². The first-order valence-electron chi connectivity index (χ1n) is 11.9. The Labute approximate surface area is 225 Å². The van der Waals surface area contributed by atoms with E-state index in [1.165, 1.54) is 11.8 Å². The molecule has 1 aromatic heterocycles. The molecule has 3 aliphatic rings. The standard InChI is InChI=1S/C22H28FN7O6S2/c1-30(8-3-5-13(30)6-9-31)7-2-4-12-10-37-20-15(19(33)29(20)16(12)21(34)35)25-18(32)14(27-36-11-23)17-26-22(24)38-28-17/h2,4,13,15,20,31H,3,5-11H2,1H3,(H3-,24,25,26,28,32,34,35)/p+1/b4-2+,27-14-/t13?,15-,20-,30?/m1/s1. The molecule has 0 aliphatic carbocycles. The summed E-state index contributed by atoms with van der Waals surface area (Å²) in [5.41, 5.74) is 5.47. The number of aromatic nitrogens is 2. The van der Waals surface area contributed by atoms with E-state index in [0.717, 1.165) is 46.7 Å². The maximum atomic E-state index is 13.0. The number of aliphatic hydroxyl groups excluding tert-OH is 1. The molecule has 206 valence electrons. The van der Waals surface area contributed by atoms with Crippen LogP contribution >= 0.6 is 23.3 Å². The fourth-order valence-electron chi connectivity index (χ4n) is 5.05. The van der Waals surface area contributed by atoms with Gasteiger partial charge in [0.15, 0.2) is 5.13 Å². The molecule has 0 aromatic carbocycles. The van der Waals surface area contributed by atoms with Crippen LogP contribution in [-0.4, -0.2) is 109 Å². The monoisotopic (exact) mass is 570 g/mol. The summed E-state index contributed by atoms with van der Waals surface area (Å²) in [4.78, 5) is 47.3. The number of nitrogens with one attached hydrogen (secondary N) is 1. The third kappa shape index (κ3) is 5.52. The van der Waals surface area contributed by atoms with Crippen LogP contribution in [0.5, 0.6) is 0 Å². The lowest BCUT2D eigenvalue weighted by atomic mass is 10.0. The average molecular weight is 571 g/mol. The molecule has 0 radical (unpaired) electrons. The van der Waals surface area contributed by atoms with Gasteiger partial charge in [0.2, 0.25) is 11.5 Å².